The first-order chi connectivity index (χ1) is 15.5. The van der Waals surface area contributed by atoms with Gasteiger partial charge in [0.2, 0.25) is 11.8 Å². The lowest BCUT2D eigenvalue weighted by Gasteiger charge is -2.26. The molecule has 34 heavy (non-hydrogen) atoms. The Morgan fingerprint density at radius 3 is 1.56 bits per heavy atom. The highest BCUT2D eigenvalue weighted by molar-refractivity contribution is 5.93. The molecular formula is C19H31F4N3O8. The normalized spacial score (nSPS) is 14.5. The van der Waals surface area contributed by atoms with Gasteiger partial charge < -0.3 is 35.3 Å². The van der Waals surface area contributed by atoms with Crippen LogP contribution in [0.4, 0.5) is 22.4 Å². The molecule has 0 radical (unpaired) electrons. The van der Waals surface area contributed by atoms with Crippen molar-refractivity contribution in [1.82, 2.24) is 16.0 Å². The van der Waals surface area contributed by atoms with E-state index in [1.165, 1.54) is 20.8 Å². The third-order valence-corrected chi connectivity index (χ3v) is 3.74. The maximum atomic E-state index is 12.6. The summed E-state index contributed by atoms with van der Waals surface area (Å²) in [6.45, 7) is -0.953. The highest BCUT2D eigenvalue weighted by Gasteiger charge is 2.32. The van der Waals surface area contributed by atoms with Crippen LogP contribution in [-0.2, 0) is 28.6 Å². The summed E-state index contributed by atoms with van der Waals surface area (Å²) in [6, 6.07) is -5.09. The lowest BCUT2D eigenvalue weighted by molar-refractivity contribution is -0.153. The van der Waals surface area contributed by atoms with Crippen LogP contribution in [0.15, 0.2) is 0 Å². The number of alkyl carbamates (subject to hydrolysis) is 1. The van der Waals surface area contributed by atoms with Gasteiger partial charge in [-0.3, -0.25) is 9.59 Å². The van der Waals surface area contributed by atoms with Gasteiger partial charge >= 0.3 is 25.3 Å². The van der Waals surface area contributed by atoms with E-state index in [4.69, 9.17) is 4.74 Å². The Morgan fingerprint density at radius 1 is 0.794 bits per heavy atom. The molecule has 0 unspecified atom stereocenters. The molecule has 0 aliphatic carbocycles. The third kappa shape index (κ3) is 14.5. The summed E-state index contributed by atoms with van der Waals surface area (Å²) < 4.78 is 63.0. The molecule has 3 atom stereocenters. The molecule has 0 spiro atoms. The highest BCUT2D eigenvalue weighted by atomic mass is 19.3. The smallest absolute Gasteiger partial charge is 0.408 e. The van der Waals surface area contributed by atoms with E-state index in [0.717, 1.165) is 0 Å². The number of nitrogens with one attached hydrogen (secondary N) is 3. The van der Waals surface area contributed by atoms with Crippen LogP contribution in [0.1, 0.15) is 41.0 Å². The predicted molar refractivity (Wildman–Crippen MR) is 108 cm³/mol. The first-order valence-electron chi connectivity index (χ1n) is 10.1. The van der Waals surface area contributed by atoms with Crippen LogP contribution in [-0.4, -0.2) is 79.1 Å². The fourth-order valence-electron chi connectivity index (χ4n) is 2.39. The van der Waals surface area contributed by atoms with Crippen LogP contribution >= 0.6 is 0 Å². The summed E-state index contributed by atoms with van der Waals surface area (Å²) in [6.07, 6.45) is -1.19. The van der Waals surface area contributed by atoms with Gasteiger partial charge in [-0.2, -0.15) is 17.6 Å². The van der Waals surface area contributed by atoms with Crippen molar-refractivity contribution >= 4 is 23.9 Å². The molecule has 0 aromatic rings. The average molecular weight is 505 g/mol. The number of ether oxygens (including phenoxy) is 3. The number of aliphatic carboxylic acids is 1. The van der Waals surface area contributed by atoms with Gasteiger partial charge in [-0.05, 0) is 33.1 Å². The van der Waals surface area contributed by atoms with Crippen molar-refractivity contribution in [3.8, 4) is 0 Å². The van der Waals surface area contributed by atoms with Gasteiger partial charge in [-0.15, -0.1) is 0 Å². The van der Waals surface area contributed by atoms with E-state index in [0.29, 0.717) is 0 Å². The minimum atomic E-state index is -3.34. The first-order valence-corrected chi connectivity index (χ1v) is 10.1. The van der Waals surface area contributed by atoms with Gasteiger partial charge in [0, 0.05) is 0 Å². The Balaban J connectivity index is 5.56. The number of rotatable bonds is 14. The number of halogens is 4. The van der Waals surface area contributed by atoms with E-state index in [-0.39, 0.29) is 12.3 Å². The number of alkyl halides is 4. The fraction of sp³-hybridized carbons (Fsp3) is 0.789. The molecule has 15 heteroatoms. The van der Waals surface area contributed by atoms with Crippen LogP contribution in [0.3, 0.4) is 0 Å². The second-order valence-corrected chi connectivity index (χ2v) is 8.48. The Bertz CT molecular complexity index is 689. The molecule has 0 aliphatic heterocycles. The van der Waals surface area contributed by atoms with Crippen molar-refractivity contribution in [1.29, 1.82) is 0 Å². The molecule has 198 valence electrons. The fourth-order valence-corrected chi connectivity index (χ4v) is 2.39. The summed E-state index contributed by atoms with van der Waals surface area (Å²) in [5.74, 6) is -4.04. The first kappa shape index (κ1) is 31.3. The quantitative estimate of drug-likeness (QED) is 0.259. The summed E-state index contributed by atoms with van der Waals surface area (Å²) in [5.41, 5.74) is -1.01. The predicted octanol–water partition coefficient (Wildman–Crippen LogP) is 1.46. The maximum absolute atomic E-state index is 12.6. The number of carboxylic acids is 1. The lowest BCUT2D eigenvalue weighted by atomic mass is 10.0. The number of carboxylic acid groups (broad SMARTS) is 1. The molecule has 0 heterocycles. The second kappa shape index (κ2) is 14.6. The van der Waals surface area contributed by atoms with Crippen LogP contribution in [0, 0.1) is 5.92 Å². The van der Waals surface area contributed by atoms with E-state index >= 15 is 0 Å². The molecule has 0 aliphatic rings. The summed E-state index contributed by atoms with van der Waals surface area (Å²) in [4.78, 5) is 48.4. The number of hydrogen-bond donors (Lipinski definition) is 4. The average Bonchev–Trinajstić information content (AvgIpc) is 2.65. The monoisotopic (exact) mass is 505 g/mol. The van der Waals surface area contributed by atoms with Gasteiger partial charge in [0.25, 0.3) is 0 Å². The third-order valence-electron chi connectivity index (χ3n) is 3.74. The molecule has 0 rings (SSSR count). The molecule has 0 saturated heterocycles. The molecular weight excluding hydrogens is 474 g/mol. The standard InChI is InChI=1S/C19H31F4N3O8/c1-9(2)6-10(15(29)30)24-13(27)11(7-32-16(20)21)25-14(28)12(8-33-17(22)23)26-18(31)34-19(3,4)5/h9-12,16-17H,6-8H2,1-5H3,(H,24,27)(H,25,28)(H,26,31)(H,29,30)/t10-,11-,12-/m0/s1. The Labute approximate surface area is 193 Å². The molecule has 3 amide bonds. The zero-order valence-electron chi connectivity index (χ0n) is 19.4. The Kier molecular flexibility index (Phi) is 13.4. The van der Waals surface area contributed by atoms with Crippen LogP contribution < -0.4 is 16.0 Å². The Hall–Kier alpha value is -2.68. The number of carbonyl (C=O) groups is 4. The van der Waals surface area contributed by atoms with Crippen molar-refractivity contribution in [2.24, 2.45) is 5.92 Å². The van der Waals surface area contributed by atoms with Crippen molar-refractivity contribution in [3.63, 3.8) is 0 Å². The van der Waals surface area contributed by atoms with E-state index in [1.807, 2.05) is 10.6 Å². The van der Waals surface area contributed by atoms with Gasteiger partial charge in [-0.1, -0.05) is 13.8 Å². The second-order valence-electron chi connectivity index (χ2n) is 8.48. The van der Waals surface area contributed by atoms with Gasteiger partial charge in [-0.25, -0.2) is 9.59 Å². The summed E-state index contributed by atoms with van der Waals surface area (Å²) in [5, 5.41) is 15.3. The van der Waals surface area contributed by atoms with Crippen molar-refractivity contribution in [2.75, 3.05) is 13.2 Å². The summed E-state index contributed by atoms with van der Waals surface area (Å²) >= 11 is 0. The van der Waals surface area contributed by atoms with Crippen molar-refractivity contribution < 1.29 is 56.1 Å². The van der Waals surface area contributed by atoms with Gasteiger partial charge in [0.05, 0.1) is 13.2 Å². The summed E-state index contributed by atoms with van der Waals surface area (Å²) in [7, 11) is 0. The zero-order chi connectivity index (χ0) is 26.6. The Morgan fingerprint density at radius 2 is 1.21 bits per heavy atom. The number of carbonyl (C=O) groups excluding carboxylic acids is 3. The minimum absolute atomic E-state index is 0.0114. The molecule has 0 fully saturated rings. The molecule has 0 bridgehead atoms. The van der Waals surface area contributed by atoms with Gasteiger partial charge in [0.15, 0.2) is 0 Å². The van der Waals surface area contributed by atoms with E-state index in [1.54, 1.807) is 13.8 Å². The lowest BCUT2D eigenvalue weighted by Crippen LogP contribution is -2.58. The SMILES string of the molecule is CC(C)C[C@H](NC(=O)[C@H](COC(F)F)NC(=O)[C@H](COC(F)F)NC(=O)OC(C)(C)C)C(=O)O. The van der Waals surface area contributed by atoms with E-state index in [9.17, 15) is 41.8 Å². The van der Waals surface area contributed by atoms with E-state index < -0.39 is 74.0 Å². The largest absolute Gasteiger partial charge is 0.480 e. The minimum Gasteiger partial charge on any atom is -0.480 e. The molecule has 11 nitrogen and oxygen atoms in total. The van der Waals surface area contributed by atoms with Crippen LogP contribution in [0.2, 0.25) is 0 Å². The molecule has 0 aromatic carbocycles. The molecule has 0 saturated carbocycles. The number of hydrogen-bond acceptors (Lipinski definition) is 7. The van der Waals surface area contributed by atoms with Crippen LogP contribution in [0.25, 0.3) is 0 Å². The maximum Gasteiger partial charge on any atom is 0.408 e. The topological polar surface area (TPSA) is 152 Å². The zero-order valence-corrected chi connectivity index (χ0v) is 19.4. The number of amides is 3. The van der Waals surface area contributed by atoms with Gasteiger partial charge in [0.1, 0.15) is 23.7 Å². The van der Waals surface area contributed by atoms with Crippen LogP contribution in [0.5, 0.6) is 0 Å². The molecule has 0 aromatic heterocycles. The van der Waals surface area contributed by atoms with Crippen molar-refractivity contribution in [2.45, 2.75) is 78.0 Å². The molecule has 4 N–H and O–H groups in total. The van der Waals surface area contributed by atoms with E-state index in [2.05, 4.69) is 14.8 Å². The highest BCUT2D eigenvalue weighted by Crippen LogP contribution is 2.08. The van der Waals surface area contributed by atoms with Crippen molar-refractivity contribution in [3.05, 3.63) is 0 Å².